The van der Waals surface area contributed by atoms with Crippen LogP contribution >= 0.6 is 0 Å². The molecule has 0 bridgehead atoms. The van der Waals surface area contributed by atoms with Crippen molar-refractivity contribution in [2.75, 3.05) is 13.1 Å². The van der Waals surface area contributed by atoms with Gasteiger partial charge in [0.15, 0.2) is 11.5 Å². The van der Waals surface area contributed by atoms with Gasteiger partial charge in [0.25, 0.3) is 5.91 Å². The maximum absolute atomic E-state index is 12.0. The van der Waals surface area contributed by atoms with Crippen molar-refractivity contribution in [3.8, 4) is 11.5 Å². The molecule has 0 saturated heterocycles. The predicted molar refractivity (Wildman–Crippen MR) is 63.4 cm³/mol. The van der Waals surface area contributed by atoms with Gasteiger partial charge in [-0.3, -0.25) is 9.59 Å². The molecule has 1 amide bonds. The number of likely N-dealkylation sites (N-methyl/N-ethyl adjacent to an activating group) is 1. The largest absolute Gasteiger partial charge is 0.480 e. The summed E-state index contributed by atoms with van der Waals surface area (Å²) in [6.07, 6.45) is 1.47. The Morgan fingerprint density at radius 1 is 1.42 bits per heavy atom. The van der Waals surface area contributed by atoms with Crippen LogP contribution < -0.4 is 0 Å². The number of nitrogens with zero attached hydrogens (tertiary/aromatic N) is 2. The summed E-state index contributed by atoms with van der Waals surface area (Å²) in [6.45, 7) is 1.58. The number of hydrogen-bond acceptors (Lipinski definition) is 5. The lowest BCUT2D eigenvalue weighted by Crippen LogP contribution is -2.35. The Bertz CT molecular complexity index is 573. The first-order valence-corrected chi connectivity index (χ1v) is 5.63. The quantitative estimate of drug-likeness (QED) is 0.878. The van der Waals surface area contributed by atoms with E-state index in [1.807, 2.05) is 0 Å². The summed E-state index contributed by atoms with van der Waals surface area (Å²) in [6, 6.07) is 4.78. The molecule has 19 heavy (non-hydrogen) atoms. The molecule has 2 rings (SSSR count). The van der Waals surface area contributed by atoms with E-state index in [0.717, 1.165) is 4.90 Å². The number of furan rings is 1. The molecule has 0 aliphatic heterocycles. The van der Waals surface area contributed by atoms with E-state index in [2.05, 4.69) is 5.16 Å². The van der Waals surface area contributed by atoms with E-state index in [9.17, 15) is 9.59 Å². The number of aromatic nitrogens is 1. The Kier molecular flexibility index (Phi) is 3.65. The monoisotopic (exact) mass is 264 g/mol. The zero-order valence-electron chi connectivity index (χ0n) is 10.2. The Balaban J connectivity index is 2.17. The highest BCUT2D eigenvalue weighted by Gasteiger charge is 2.21. The van der Waals surface area contributed by atoms with Crippen LogP contribution in [0.3, 0.4) is 0 Å². The minimum Gasteiger partial charge on any atom is -0.480 e. The molecule has 100 valence electrons. The predicted octanol–water partition coefficient (Wildman–Crippen LogP) is 1.48. The van der Waals surface area contributed by atoms with Crippen LogP contribution in [-0.4, -0.2) is 40.1 Å². The minimum absolute atomic E-state index is 0.0505. The minimum atomic E-state index is -1.08. The number of hydrogen-bond donors (Lipinski definition) is 1. The first-order valence-electron chi connectivity index (χ1n) is 5.63. The van der Waals surface area contributed by atoms with Crippen molar-refractivity contribution in [2.24, 2.45) is 0 Å². The van der Waals surface area contributed by atoms with E-state index < -0.39 is 11.9 Å². The average molecular weight is 264 g/mol. The van der Waals surface area contributed by atoms with Gasteiger partial charge in [-0.1, -0.05) is 5.16 Å². The first kappa shape index (κ1) is 12.9. The molecule has 0 unspecified atom stereocenters. The molecule has 2 aromatic heterocycles. The van der Waals surface area contributed by atoms with Crippen LogP contribution in [0.4, 0.5) is 0 Å². The van der Waals surface area contributed by atoms with Gasteiger partial charge >= 0.3 is 5.97 Å². The lowest BCUT2D eigenvalue weighted by Gasteiger charge is -2.16. The van der Waals surface area contributed by atoms with E-state index >= 15 is 0 Å². The lowest BCUT2D eigenvalue weighted by molar-refractivity contribution is -0.137. The molecule has 0 atom stereocenters. The van der Waals surface area contributed by atoms with Crippen molar-refractivity contribution < 1.29 is 23.6 Å². The SMILES string of the molecule is CCN(CC(=O)O)C(=O)c1cc(-c2ccco2)on1. The van der Waals surface area contributed by atoms with Gasteiger partial charge in [-0.2, -0.15) is 0 Å². The number of carboxylic acid groups (broad SMARTS) is 1. The number of aliphatic carboxylic acids is 1. The number of carbonyl (C=O) groups is 2. The van der Waals surface area contributed by atoms with E-state index in [1.165, 1.54) is 12.3 Å². The van der Waals surface area contributed by atoms with Crippen LogP contribution in [0, 0.1) is 0 Å². The van der Waals surface area contributed by atoms with Gasteiger partial charge in [0, 0.05) is 12.6 Å². The van der Waals surface area contributed by atoms with Gasteiger partial charge in [0.2, 0.25) is 5.76 Å². The van der Waals surface area contributed by atoms with Crippen LogP contribution in [0.5, 0.6) is 0 Å². The second kappa shape index (κ2) is 5.38. The summed E-state index contributed by atoms with van der Waals surface area (Å²) in [5.41, 5.74) is 0.0505. The topological polar surface area (TPSA) is 96.8 Å². The van der Waals surface area contributed by atoms with Gasteiger partial charge in [-0.25, -0.2) is 0 Å². The van der Waals surface area contributed by atoms with Crippen molar-refractivity contribution in [1.29, 1.82) is 0 Å². The number of amides is 1. The van der Waals surface area contributed by atoms with Crippen molar-refractivity contribution in [3.05, 3.63) is 30.2 Å². The molecular formula is C12H12N2O5. The third kappa shape index (κ3) is 2.82. The lowest BCUT2D eigenvalue weighted by atomic mass is 10.3. The zero-order chi connectivity index (χ0) is 13.8. The molecule has 7 nitrogen and oxygen atoms in total. The van der Waals surface area contributed by atoms with Gasteiger partial charge in [0.05, 0.1) is 6.26 Å². The fourth-order valence-electron chi connectivity index (χ4n) is 1.56. The van der Waals surface area contributed by atoms with Crippen LogP contribution in [0.1, 0.15) is 17.4 Å². The van der Waals surface area contributed by atoms with Crippen molar-refractivity contribution in [2.45, 2.75) is 6.92 Å². The molecule has 0 aromatic carbocycles. The van der Waals surface area contributed by atoms with E-state index in [1.54, 1.807) is 19.1 Å². The summed E-state index contributed by atoms with van der Waals surface area (Å²) in [7, 11) is 0. The summed E-state index contributed by atoms with van der Waals surface area (Å²) >= 11 is 0. The summed E-state index contributed by atoms with van der Waals surface area (Å²) in [5.74, 6) is -0.802. The maximum Gasteiger partial charge on any atom is 0.323 e. The molecule has 0 fully saturated rings. The molecule has 2 aromatic rings. The Labute approximate surface area is 108 Å². The molecule has 0 spiro atoms. The Morgan fingerprint density at radius 2 is 2.21 bits per heavy atom. The highest BCUT2D eigenvalue weighted by Crippen LogP contribution is 2.21. The Morgan fingerprint density at radius 3 is 2.79 bits per heavy atom. The van der Waals surface area contributed by atoms with Crippen molar-refractivity contribution in [3.63, 3.8) is 0 Å². The number of carbonyl (C=O) groups excluding carboxylic acids is 1. The molecule has 1 N–H and O–H groups in total. The highest BCUT2D eigenvalue weighted by molar-refractivity contribution is 5.94. The highest BCUT2D eigenvalue weighted by atomic mass is 16.5. The van der Waals surface area contributed by atoms with Crippen molar-refractivity contribution in [1.82, 2.24) is 10.1 Å². The molecule has 0 aliphatic rings. The molecule has 7 heteroatoms. The third-order valence-corrected chi connectivity index (χ3v) is 2.49. The van der Waals surface area contributed by atoms with E-state index in [0.29, 0.717) is 11.5 Å². The standard InChI is InChI=1S/C12H12N2O5/c1-2-14(7-11(15)16)12(17)8-6-10(19-13-8)9-4-3-5-18-9/h3-6H,2,7H2,1H3,(H,15,16). The van der Waals surface area contributed by atoms with Crippen LogP contribution in [-0.2, 0) is 4.79 Å². The van der Waals surface area contributed by atoms with Gasteiger partial charge in [0.1, 0.15) is 6.54 Å². The fraction of sp³-hybridized carbons (Fsp3) is 0.250. The number of rotatable bonds is 5. The van der Waals surface area contributed by atoms with Crippen molar-refractivity contribution >= 4 is 11.9 Å². The Hall–Kier alpha value is -2.57. The summed E-state index contributed by atoms with van der Waals surface area (Å²) in [5, 5.41) is 12.3. The fourth-order valence-corrected chi connectivity index (χ4v) is 1.56. The molecule has 0 radical (unpaired) electrons. The summed E-state index contributed by atoms with van der Waals surface area (Å²) in [4.78, 5) is 23.8. The first-order chi connectivity index (χ1) is 9.11. The van der Waals surface area contributed by atoms with Gasteiger partial charge in [-0.05, 0) is 19.1 Å². The number of carboxylic acids is 1. The second-order valence-electron chi connectivity index (χ2n) is 3.77. The normalized spacial score (nSPS) is 10.4. The van der Waals surface area contributed by atoms with Gasteiger partial charge < -0.3 is 18.9 Å². The maximum atomic E-state index is 12.0. The zero-order valence-corrected chi connectivity index (χ0v) is 10.2. The van der Waals surface area contributed by atoms with Gasteiger partial charge in [-0.15, -0.1) is 0 Å². The molecule has 2 heterocycles. The molecule has 0 aliphatic carbocycles. The third-order valence-electron chi connectivity index (χ3n) is 2.49. The smallest absolute Gasteiger partial charge is 0.323 e. The summed E-state index contributed by atoms with van der Waals surface area (Å²) < 4.78 is 10.1. The molecule has 0 saturated carbocycles. The van der Waals surface area contributed by atoms with Crippen LogP contribution in [0.15, 0.2) is 33.4 Å². The van der Waals surface area contributed by atoms with Crippen LogP contribution in [0.25, 0.3) is 11.5 Å². The molecular weight excluding hydrogens is 252 g/mol. The average Bonchev–Trinajstić information content (AvgIpc) is 3.04. The second-order valence-corrected chi connectivity index (χ2v) is 3.77. The van der Waals surface area contributed by atoms with E-state index in [-0.39, 0.29) is 18.8 Å². The van der Waals surface area contributed by atoms with E-state index in [4.69, 9.17) is 14.0 Å². The van der Waals surface area contributed by atoms with Crippen LogP contribution in [0.2, 0.25) is 0 Å².